The van der Waals surface area contributed by atoms with E-state index in [4.69, 9.17) is 10.00 Å². The Bertz CT molecular complexity index is 1010. The predicted octanol–water partition coefficient (Wildman–Crippen LogP) is 2.65. The van der Waals surface area contributed by atoms with Crippen LogP contribution >= 0.6 is 0 Å². The first-order chi connectivity index (χ1) is 14.7. The molecule has 30 heavy (non-hydrogen) atoms. The number of hydrogen-bond donors (Lipinski definition) is 1. The van der Waals surface area contributed by atoms with E-state index >= 15 is 0 Å². The number of ether oxygens (including phenoxy) is 1. The van der Waals surface area contributed by atoms with Crippen LogP contribution in [0.3, 0.4) is 0 Å². The Morgan fingerprint density at radius 1 is 1.43 bits per heavy atom. The lowest BCUT2D eigenvalue weighted by Gasteiger charge is -2.10. The summed E-state index contributed by atoms with van der Waals surface area (Å²) in [6, 6.07) is 3.71. The molecule has 0 saturated carbocycles. The number of aryl methyl sites for hydroxylation is 1. The molecule has 0 fully saturated rings. The van der Waals surface area contributed by atoms with Crippen molar-refractivity contribution in [3.63, 3.8) is 0 Å². The van der Waals surface area contributed by atoms with E-state index in [9.17, 15) is 0 Å². The Morgan fingerprint density at radius 2 is 2.23 bits per heavy atom. The maximum absolute atomic E-state index is 8.56. The average molecular weight is 409 g/mol. The van der Waals surface area contributed by atoms with Gasteiger partial charge < -0.3 is 4.74 Å². The van der Waals surface area contributed by atoms with E-state index in [0.717, 1.165) is 48.1 Å². The molecule has 0 aliphatic rings. The quantitative estimate of drug-likeness (QED) is 0.328. The number of nitrogens with zero attached hydrogens (tertiary/aromatic N) is 8. The van der Waals surface area contributed by atoms with Crippen molar-refractivity contribution in [2.45, 2.75) is 46.1 Å². The van der Waals surface area contributed by atoms with E-state index in [1.165, 1.54) is 4.79 Å². The van der Waals surface area contributed by atoms with Gasteiger partial charge in [0, 0.05) is 19.1 Å². The van der Waals surface area contributed by atoms with Crippen LogP contribution in [-0.4, -0.2) is 42.8 Å². The minimum atomic E-state index is 0.359. The van der Waals surface area contributed by atoms with Crippen LogP contribution in [0.1, 0.15) is 49.5 Å². The molecule has 0 aromatic carbocycles. The normalized spacial score (nSPS) is 10.6. The van der Waals surface area contributed by atoms with Gasteiger partial charge in [-0.3, -0.25) is 0 Å². The number of nitrogens with one attached hydrogen (secondary N) is 1. The Hall–Kier alpha value is -3.58. The molecule has 0 radical (unpaired) electrons. The molecule has 0 aliphatic heterocycles. The molecule has 3 aromatic heterocycles. The van der Waals surface area contributed by atoms with Gasteiger partial charge in [-0.25, -0.2) is 14.5 Å². The van der Waals surface area contributed by atoms with Gasteiger partial charge in [-0.1, -0.05) is 19.4 Å². The summed E-state index contributed by atoms with van der Waals surface area (Å²) < 4.78 is 6.85. The summed E-state index contributed by atoms with van der Waals surface area (Å²) in [4.78, 5) is 10.7. The van der Waals surface area contributed by atoms with Crippen molar-refractivity contribution < 1.29 is 4.74 Å². The SMILES string of the molecule is C=CC.CCCCc1c(Cc2ccnn2N/N=C/C#N)ncn2nc(COC)nc12. The molecule has 0 unspecified atom stereocenters. The molecular weight excluding hydrogens is 382 g/mol. The molecule has 0 amide bonds. The molecule has 0 aliphatic carbocycles. The van der Waals surface area contributed by atoms with E-state index in [-0.39, 0.29) is 0 Å². The zero-order valence-electron chi connectivity index (χ0n) is 17.6. The zero-order chi connectivity index (χ0) is 21.8. The number of unbranched alkanes of at least 4 members (excludes halogenated alkanes) is 1. The highest BCUT2D eigenvalue weighted by molar-refractivity contribution is 5.74. The third-order valence-electron chi connectivity index (χ3n) is 4.01. The molecule has 3 heterocycles. The molecule has 0 bridgehead atoms. The molecule has 10 nitrogen and oxygen atoms in total. The average Bonchev–Trinajstić information content (AvgIpc) is 3.35. The van der Waals surface area contributed by atoms with E-state index in [0.29, 0.717) is 18.9 Å². The van der Waals surface area contributed by atoms with Crippen molar-refractivity contribution in [3.8, 4) is 6.07 Å². The van der Waals surface area contributed by atoms with Gasteiger partial charge in [0.15, 0.2) is 11.5 Å². The second-order valence-corrected chi connectivity index (χ2v) is 6.31. The van der Waals surface area contributed by atoms with Gasteiger partial charge in [0.05, 0.1) is 17.6 Å². The fourth-order valence-electron chi connectivity index (χ4n) is 2.78. The van der Waals surface area contributed by atoms with Crippen molar-refractivity contribution in [2.24, 2.45) is 5.10 Å². The van der Waals surface area contributed by atoms with Crippen LogP contribution in [0.5, 0.6) is 0 Å². The van der Waals surface area contributed by atoms with E-state index in [1.807, 2.05) is 19.1 Å². The summed E-state index contributed by atoms with van der Waals surface area (Å²) in [7, 11) is 1.62. The predicted molar refractivity (Wildman–Crippen MR) is 114 cm³/mol. The van der Waals surface area contributed by atoms with Crippen molar-refractivity contribution in [1.29, 1.82) is 5.26 Å². The van der Waals surface area contributed by atoms with Crippen molar-refractivity contribution >= 4 is 11.9 Å². The van der Waals surface area contributed by atoms with Crippen LogP contribution in [0.25, 0.3) is 5.65 Å². The van der Waals surface area contributed by atoms with Crippen molar-refractivity contribution in [1.82, 2.24) is 29.5 Å². The zero-order valence-corrected chi connectivity index (χ0v) is 17.6. The summed E-state index contributed by atoms with van der Waals surface area (Å²) in [5, 5.41) is 20.9. The van der Waals surface area contributed by atoms with Gasteiger partial charge in [0.1, 0.15) is 25.2 Å². The number of methoxy groups -OCH3 is 1. The summed E-state index contributed by atoms with van der Waals surface area (Å²) >= 11 is 0. The Morgan fingerprint density at radius 3 is 2.93 bits per heavy atom. The van der Waals surface area contributed by atoms with Crippen LogP contribution in [0.4, 0.5) is 0 Å². The third-order valence-corrected chi connectivity index (χ3v) is 4.01. The van der Waals surface area contributed by atoms with Crippen molar-refractivity contribution in [3.05, 3.63) is 54.0 Å². The number of hydrogen-bond acceptors (Lipinski definition) is 8. The monoisotopic (exact) mass is 409 g/mol. The third kappa shape index (κ3) is 5.96. The molecule has 3 rings (SSSR count). The fourth-order valence-corrected chi connectivity index (χ4v) is 2.78. The second-order valence-electron chi connectivity index (χ2n) is 6.31. The lowest BCUT2D eigenvalue weighted by atomic mass is 10.0. The number of hydrazone groups is 1. The Balaban J connectivity index is 0.00000101. The largest absolute Gasteiger partial charge is 0.377 e. The molecule has 3 aromatic rings. The van der Waals surface area contributed by atoms with Gasteiger partial charge in [-0.05, 0) is 25.8 Å². The van der Waals surface area contributed by atoms with Crippen LogP contribution in [0, 0.1) is 11.3 Å². The number of fused-ring (bicyclic) bond motifs is 1. The standard InChI is InChI=1S/C17H21N9O.C3H6/c1-3-4-5-14-15(10-13-6-8-21-26(13)24-20-9-7-18)19-12-25-17(14)22-16(23-25)11-27-2;1-3-2/h6,8-9,12,24H,3-5,10-11H2,1-2H3;3H,1H2,2H3/b20-9+;. The van der Waals surface area contributed by atoms with Crippen LogP contribution < -0.4 is 5.53 Å². The van der Waals surface area contributed by atoms with Crippen LogP contribution in [-0.2, 0) is 24.2 Å². The molecule has 10 heteroatoms. The van der Waals surface area contributed by atoms with Crippen molar-refractivity contribution in [2.75, 3.05) is 12.6 Å². The highest BCUT2D eigenvalue weighted by Gasteiger charge is 2.16. The maximum Gasteiger partial charge on any atom is 0.177 e. The summed E-state index contributed by atoms with van der Waals surface area (Å²) in [6.45, 7) is 7.76. The van der Waals surface area contributed by atoms with Crippen LogP contribution in [0.2, 0.25) is 0 Å². The van der Waals surface area contributed by atoms with E-state index in [2.05, 4.69) is 44.3 Å². The minimum Gasteiger partial charge on any atom is -0.377 e. The molecule has 0 spiro atoms. The highest BCUT2D eigenvalue weighted by Crippen LogP contribution is 2.19. The van der Waals surface area contributed by atoms with Gasteiger partial charge >= 0.3 is 0 Å². The van der Waals surface area contributed by atoms with Gasteiger partial charge in [0.25, 0.3) is 0 Å². The molecule has 1 N–H and O–H groups in total. The second kappa shape index (κ2) is 12.1. The molecule has 0 atom stereocenters. The smallest absolute Gasteiger partial charge is 0.177 e. The van der Waals surface area contributed by atoms with E-state index < -0.39 is 0 Å². The summed E-state index contributed by atoms with van der Waals surface area (Å²) in [5.74, 6) is 0.631. The number of aromatic nitrogens is 6. The number of allylic oxidation sites excluding steroid dienone is 1. The first kappa shape index (κ1) is 22.7. The summed E-state index contributed by atoms with van der Waals surface area (Å²) in [5.41, 5.74) is 6.38. The first-order valence-corrected chi connectivity index (χ1v) is 9.66. The van der Waals surface area contributed by atoms with Crippen LogP contribution in [0.15, 0.2) is 36.3 Å². The molecule has 0 saturated heterocycles. The summed E-state index contributed by atoms with van der Waals surface area (Å²) in [6.07, 6.45) is 9.72. The number of nitriles is 1. The molecular formula is C20H27N9O. The van der Waals surface area contributed by atoms with E-state index in [1.54, 1.807) is 30.2 Å². The highest BCUT2D eigenvalue weighted by atomic mass is 16.5. The topological polar surface area (TPSA) is 118 Å². The Labute approximate surface area is 175 Å². The minimum absolute atomic E-state index is 0.359. The van der Waals surface area contributed by atoms with Gasteiger partial charge in [0.2, 0.25) is 0 Å². The Kier molecular flexibility index (Phi) is 9.15. The number of rotatable bonds is 9. The first-order valence-electron chi connectivity index (χ1n) is 9.66. The lowest BCUT2D eigenvalue weighted by Crippen LogP contribution is -2.15. The maximum atomic E-state index is 8.56. The van der Waals surface area contributed by atoms with Gasteiger partial charge in [-0.15, -0.1) is 11.7 Å². The molecule has 158 valence electrons. The lowest BCUT2D eigenvalue weighted by molar-refractivity contribution is 0.178. The van der Waals surface area contributed by atoms with Gasteiger partial charge in [-0.2, -0.15) is 25.8 Å². The fraction of sp³-hybridized carbons (Fsp3) is 0.400.